The van der Waals surface area contributed by atoms with Crippen molar-refractivity contribution in [1.29, 1.82) is 0 Å². The van der Waals surface area contributed by atoms with Crippen LogP contribution >= 0.6 is 24.8 Å². The van der Waals surface area contributed by atoms with Gasteiger partial charge in [0.25, 0.3) is 0 Å². The predicted molar refractivity (Wildman–Crippen MR) is 102 cm³/mol. The van der Waals surface area contributed by atoms with Crippen LogP contribution in [0.15, 0.2) is 24.3 Å². The molecule has 2 rings (SSSR count). The van der Waals surface area contributed by atoms with Crippen LogP contribution in [0.25, 0.3) is 0 Å². The predicted octanol–water partition coefficient (Wildman–Crippen LogP) is 3.07. The number of carbonyl (C=O) groups is 1. The molecule has 1 aromatic rings. The maximum absolute atomic E-state index is 12.4. The van der Waals surface area contributed by atoms with E-state index in [1.807, 2.05) is 27.0 Å². The van der Waals surface area contributed by atoms with Crippen molar-refractivity contribution in [3.8, 4) is 0 Å². The van der Waals surface area contributed by atoms with E-state index in [1.165, 1.54) is 24.1 Å². The first kappa shape index (κ1) is 22.0. The summed E-state index contributed by atoms with van der Waals surface area (Å²) >= 11 is 0. The van der Waals surface area contributed by atoms with Crippen molar-refractivity contribution in [3.63, 3.8) is 0 Å². The van der Waals surface area contributed by atoms with E-state index in [2.05, 4.69) is 23.1 Å². The van der Waals surface area contributed by atoms with Gasteiger partial charge in [-0.2, -0.15) is 0 Å². The molecule has 0 spiro atoms. The summed E-state index contributed by atoms with van der Waals surface area (Å²) in [6.07, 6.45) is 2.51. The van der Waals surface area contributed by atoms with Gasteiger partial charge in [-0.05, 0) is 31.4 Å². The Labute approximate surface area is 152 Å². The van der Waals surface area contributed by atoms with Crippen molar-refractivity contribution in [2.75, 3.05) is 25.0 Å². The lowest BCUT2D eigenvalue weighted by Gasteiger charge is -2.27. The van der Waals surface area contributed by atoms with Gasteiger partial charge in [-0.15, -0.1) is 24.8 Å². The number of benzene rings is 1. The Hall–Kier alpha value is -0.970. The third kappa shape index (κ3) is 5.55. The zero-order valence-corrected chi connectivity index (χ0v) is 15.8. The Morgan fingerprint density at radius 1 is 1.22 bits per heavy atom. The Morgan fingerprint density at radius 2 is 1.78 bits per heavy atom. The molecule has 0 aliphatic carbocycles. The van der Waals surface area contributed by atoms with Crippen molar-refractivity contribution in [1.82, 2.24) is 4.90 Å². The Balaban J connectivity index is 0.00000242. The van der Waals surface area contributed by atoms with E-state index >= 15 is 0 Å². The fourth-order valence-corrected chi connectivity index (χ4v) is 2.82. The van der Waals surface area contributed by atoms with Gasteiger partial charge in [0.15, 0.2) is 0 Å². The van der Waals surface area contributed by atoms with Crippen molar-refractivity contribution in [2.24, 2.45) is 11.7 Å². The number of hydrogen-bond donors (Lipinski definition) is 1. The SMILES string of the molecule is CC(N)C(C)C(=O)N(C)Cc1ccccc1N1CCCC1.Cl.Cl. The average molecular weight is 362 g/mol. The molecule has 0 saturated carbocycles. The number of carbonyl (C=O) groups excluding carboxylic acids is 1. The average Bonchev–Trinajstić information content (AvgIpc) is 3.00. The zero-order chi connectivity index (χ0) is 15.4. The van der Waals surface area contributed by atoms with Crippen LogP contribution in [0.5, 0.6) is 0 Å². The number of nitrogens with zero attached hydrogens (tertiary/aromatic N) is 2. The molecule has 1 saturated heterocycles. The highest BCUT2D eigenvalue weighted by molar-refractivity contribution is 5.85. The van der Waals surface area contributed by atoms with E-state index in [9.17, 15) is 4.79 Å². The number of hydrogen-bond acceptors (Lipinski definition) is 3. The molecule has 1 aliphatic heterocycles. The van der Waals surface area contributed by atoms with Crippen LogP contribution in [0, 0.1) is 5.92 Å². The van der Waals surface area contributed by atoms with Gasteiger partial charge in [0.2, 0.25) is 5.91 Å². The fourth-order valence-electron chi connectivity index (χ4n) is 2.82. The van der Waals surface area contributed by atoms with E-state index in [1.54, 1.807) is 4.90 Å². The second kappa shape index (κ2) is 10.0. The summed E-state index contributed by atoms with van der Waals surface area (Å²) in [5.74, 6) is -0.0322. The Morgan fingerprint density at radius 3 is 2.35 bits per heavy atom. The lowest BCUT2D eigenvalue weighted by atomic mass is 10.0. The molecular formula is C17H29Cl2N3O. The van der Waals surface area contributed by atoms with E-state index in [0.29, 0.717) is 6.54 Å². The van der Waals surface area contributed by atoms with Crippen LogP contribution < -0.4 is 10.6 Å². The quantitative estimate of drug-likeness (QED) is 0.876. The van der Waals surface area contributed by atoms with Gasteiger partial charge in [0.1, 0.15) is 0 Å². The normalized spacial score (nSPS) is 16.1. The largest absolute Gasteiger partial charge is 0.371 e. The second-order valence-corrected chi connectivity index (χ2v) is 6.16. The summed E-state index contributed by atoms with van der Waals surface area (Å²) in [5, 5.41) is 0. The minimum absolute atomic E-state index is 0. The monoisotopic (exact) mass is 361 g/mol. The molecule has 1 heterocycles. The molecule has 2 unspecified atom stereocenters. The van der Waals surface area contributed by atoms with Gasteiger partial charge >= 0.3 is 0 Å². The minimum Gasteiger partial charge on any atom is -0.371 e. The lowest BCUT2D eigenvalue weighted by Crippen LogP contribution is -2.39. The van der Waals surface area contributed by atoms with E-state index in [-0.39, 0.29) is 42.7 Å². The molecule has 2 atom stereocenters. The number of rotatable bonds is 5. The maximum atomic E-state index is 12.4. The number of anilines is 1. The summed E-state index contributed by atoms with van der Waals surface area (Å²) in [7, 11) is 1.86. The fraction of sp³-hybridized carbons (Fsp3) is 0.588. The summed E-state index contributed by atoms with van der Waals surface area (Å²) in [4.78, 5) is 16.6. The molecule has 0 aromatic heterocycles. The molecule has 1 aromatic carbocycles. The number of halogens is 2. The van der Waals surface area contributed by atoms with Crippen molar-refractivity contribution in [2.45, 2.75) is 39.3 Å². The molecule has 6 heteroatoms. The van der Waals surface area contributed by atoms with Gasteiger partial charge in [-0.1, -0.05) is 25.1 Å². The molecule has 2 N–H and O–H groups in total. The lowest BCUT2D eigenvalue weighted by molar-refractivity contribution is -0.134. The van der Waals surface area contributed by atoms with Gasteiger partial charge in [-0.25, -0.2) is 0 Å². The molecule has 4 nitrogen and oxygen atoms in total. The summed E-state index contributed by atoms with van der Waals surface area (Å²) in [6.45, 7) is 6.66. The van der Waals surface area contributed by atoms with Crippen LogP contribution in [0.2, 0.25) is 0 Å². The standard InChI is InChI=1S/C17H27N3O.2ClH/c1-13(14(2)18)17(21)19(3)12-15-8-4-5-9-16(15)20-10-6-7-11-20;;/h4-5,8-9,13-14H,6-7,10-12,18H2,1-3H3;2*1H. The molecule has 1 aliphatic rings. The van der Waals surface area contributed by atoms with Crippen LogP contribution in [-0.2, 0) is 11.3 Å². The highest BCUT2D eigenvalue weighted by Gasteiger charge is 2.22. The summed E-state index contributed by atoms with van der Waals surface area (Å²) < 4.78 is 0. The molecule has 0 bridgehead atoms. The van der Waals surface area contributed by atoms with Crippen LogP contribution in [-0.4, -0.2) is 37.0 Å². The topological polar surface area (TPSA) is 49.6 Å². The zero-order valence-electron chi connectivity index (χ0n) is 14.2. The first-order chi connectivity index (χ1) is 10.0. The summed E-state index contributed by atoms with van der Waals surface area (Å²) in [6, 6.07) is 8.28. The van der Waals surface area contributed by atoms with Gasteiger partial charge in [0, 0.05) is 38.4 Å². The van der Waals surface area contributed by atoms with E-state index < -0.39 is 0 Å². The number of para-hydroxylation sites is 1. The van der Waals surface area contributed by atoms with Gasteiger partial charge in [-0.3, -0.25) is 4.79 Å². The molecule has 1 fully saturated rings. The Bertz CT molecular complexity index is 490. The molecule has 1 amide bonds. The number of nitrogens with two attached hydrogens (primary N) is 1. The van der Waals surface area contributed by atoms with Gasteiger partial charge in [0.05, 0.1) is 5.92 Å². The molecule has 23 heavy (non-hydrogen) atoms. The van der Waals surface area contributed by atoms with Crippen LogP contribution in [0.3, 0.4) is 0 Å². The first-order valence-electron chi connectivity index (χ1n) is 7.84. The molecule has 132 valence electrons. The van der Waals surface area contributed by atoms with Crippen LogP contribution in [0.1, 0.15) is 32.3 Å². The molecule has 0 radical (unpaired) electrons. The van der Waals surface area contributed by atoms with Gasteiger partial charge < -0.3 is 15.5 Å². The maximum Gasteiger partial charge on any atom is 0.226 e. The smallest absolute Gasteiger partial charge is 0.226 e. The Kier molecular flexibility index (Phi) is 9.59. The van der Waals surface area contributed by atoms with Crippen molar-refractivity contribution >= 4 is 36.4 Å². The highest BCUT2D eigenvalue weighted by atomic mass is 35.5. The molecular weight excluding hydrogens is 333 g/mol. The van der Waals surface area contributed by atoms with E-state index in [4.69, 9.17) is 5.73 Å². The third-order valence-electron chi connectivity index (χ3n) is 4.40. The minimum atomic E-state index is -0.144. The first-order valence-corrected chi connectivity index (χ1v) is 7.84. The van der Waals surface area contributed by atoms with Crippen molar-refractivity contribution in [3.05, 3.63) is 29.8 Å². The number of amides is 1. The van der Waals surface area contributed by atoms with E-state index in [0.717, 1.165) is 13.1 Å². The second-order valence-electron chi connectivity index (χ2n) is 6.16. The third-order valence-corrected chi connectivity index (χ3v) is 4.40. The van der Waals surface area contributed by atoms with Crippen molar-refractivity contribution < 1.29 is 4.79 Å². The van der Waals surface area contributed by atoms with Crippen LogP contribution in [0.4, 0.5) is 5.69 Å². The highest BCUT2D eigenvalue weighted by Crippen LogP contribution is 2.25. The summed E-state index contributed by atoms with van der Waals surface area (Å²) in [5.41, 5.74) is 8.32.